The average molecular weight is 313 g/mol. The van der Waals surface area contributed by atoms with Crippen LogP contribution in [0.1, 0.15) is 23.6 Å². The zero-order valence-electron chi connectivity index (χ0n) is 13.9. The van der Waals surface area contributed by atoms with Gasteiger partial charge in [0.15, 0.2) is 11.5 Å². The van der Waals surface area contributed by atoms with Gasteiger partial charge < -0.3 is 14.6 Å². The summed E-state index contributed by atoms with van der Waals surface area (Å²) in [5.74, 6) is 1.65. The predicted octanol–water partition coefficient (Wildman–Crippen LogP) is 3.36. The third-order valence-electron chi connectivity index (χ3n) is 4.56. The van der Waals surface area contributed by atoms with Crippen LogP contribution < -0.4 is 9.47 Å². The molecule has 3 rings (SSSR count). The lowest BCUT2D eigenvalue weighted by atomic mass is 9.93. The Labute approximate surface area is 137 Å². The highest BCUT2D eigenvalue weighted by molar-refractivity contribution is 5.47. The van der Waals surface area contributed by atoms with Gasteiger partial charge >= 0.3 is 0 Å². The van der Waals surface area contributed by atoms with Crippen LogP contribution in [0.4, 0.5) is 0 Å². The van der Waals surface area contributed by atoms with Gasteiger partial charge in [0.2, 0.25) is 0 Å². The van der Waals surface area contributed by atoms with Crippen LogP contribution in [-0.4, -0.2) is 30.3 Å². The first-order valence-electron chi connectivity index (χ1n) is 7.86. The summed E-state index contributed by atoms with van der Waals surface area (Å²) in [4.78, 5) is 2.45. The molecular formula is C19H23NO3. The Hall–Kier alpha value is -2.20. The maximum atomic E-state index is 9.95. The van der Waals surface area contributed by atoms with E-state index in [0.717, 1.165) is 25.3 Å². The normalized spacial score (nSPS) is 17.6. The monoisotopic (exact) mass is 313 g/mol. The van der Waals surface area contributed by atoms with E-state index in [2.05, 4.69) is 24.0 Å². The second kappa shape index (κ2) is 6.50. The van der Waals surface area contributed by atoms with E-state index in [9.17, 15) is 5.11 Å². The number of nitrogens with zero attached hydrogens (tertiary/aromatic N) is 1. The summed E-state index contributed by atoms with van der Waals surface area (Å²) < 4.78 is 10.4. The highest BCUT2D eigenvalue weighted by Crippen LogP contribution is 2.34. The number of hydrogen-bond acceptors (Lipinski definition) is 4. The zero-order valence-corrected chi connectivity index (χ0v) is 13.9. The Bertz CT molecular complexity index is 682. The van der Waals surface area contributed by atoms with Crippen LogP contribution in [0, 0.1) is 0 Å². The fraction of sp³-hybridized carbons (Fsp3) is 0.368. The van der Waals surface area contributed by atoms with Crippen LogP contribution in [-0.2, 0) is 19.5 Å². The van der Waals surface area contributed by atoms with Crippen molar-refractivity contribution in [1.82, 2.24) is 4.90 Å². The molecule has 2 aromatic carbocycles. The molecule has 1 aliphatic rings. The standard InChI is InChI=1S/C19H23NO3/c1-13-8-15-9-18(21)19(23-3)10-16(15)12-20(13)11-14-4-6-17(22-2)7-5-14/h4-7,9-10,13,21H,8,11-12H2,1-3H3. The Kier molecular flexibility index (Phi) is 4.44. The van der Waals surface area contributed by atoms with Crippen molar-refractivity contribution in [1.29, 1.82) is 0 Å². The molecule has 0 aromatic heterocycles. The molecule has 1 unspecified atom stereocenters. The average Bonchev–Trinajstić information content (AvgIpc) is 2.56. The lowest BCUT2D eigenvalue weighted by Crippen LogP contribution is -2.37. The number of phenolic OH excluding ortho intramolecular Hbond substituents is 1. The van der Waals surface area contributed by atoms with Gasteiger partial charge in [-0.3, -0.25) is 4.90 Å². The van der Waals surface area contributed by atoms with Gasteiger partial charge in [0.05, 0.1) is 14.2 Å². The van der Waals surface area contributed by atoms with E-state index in [1.807, 2.05) is 24.3 Å². The van der Waals surface area contributed by atoms with Gasteiger partial charge in [-0.2, -0.15) is 0 Å². The molecule has 0 spiro atoms. The highest BCUT2D eigenvalue weighted by Gasteiger charge is 2.24. The minimum atomic E-state index is 0.224. The smallest absolute Gasteiger partial charge is 0.160 e. The summed E-state index contributed by atoms with van der Waals surface area (Å²) in [6.45, 7) is 3.99. The summed E-state index contributed by atoms with van der Waals surface area (Å²) in [7, 11) is 3.27. The van der Waals surface area contributed by atoms with Gasteiger partial charge in [-0.1, -0.05) is 12.1 Å². The molecule has 0 radical (unpaired) electrons. The van der Waals surface area contributed by atoms with Crippen molar-refractivity contribution < 1.29 is 14.6 Å². The van der Waals surface area contributed by atoms with Crippen molar-refractivity contribution in [3.05, 3.63) is 53.1 Å². The Balaban J connectivity index is 1.79. The maximum absolute atomic E-state index is 9.95. The van der Waals surface area contributed by atoms with Crippen LogP contribution in [0.3, 0.4) is 0 Å². The van der Waals surface area contributed by atoms with Crippen molar-refractivity contribution >= 4 is 0 Å². The molecule has 0 fully saturated rings. The van der Waals surface area contributed by atoms with E-state index in [4.69, 9.17) is 9.47 Å². The van der Waals surface area contributed by atoms with Gasteiger partial charge in [0.1, 0.15) is 5.75 Å². The molecule has 2 aromatic rings. The van der Waals surface area contributed by atoms with E-state index < -0.39 is 0 Å². The Morgan fingerprint density at radius 3 is 2.48 bits per heavy atom. The first-order valence-corrected chi connectivity index (χ1v) is 7.86. The second-order valence-electron chi connectivity index (χ2n) is 6.10. The Morgan fingerprint density at radius 1 is 1.09 bits per heavy atom. The molecule has 0 saturated heterocycles. The number of phenols is 1. The molecule has 1 aliphatic heterocycles. The number of hydrogen-bond donors (Lipinski definition) is 1. The molecule has 4 heteroatoms. The van der Waals surface area contributed by atoms with Crippen molar-refractivity contribution in [2.24, 2.45) is 0 Å². The summed E-state index contributed by atoms with van der Waals surface area (Å²) in [6, 6.07) is 12.4. The number of methoxy groups -OCH3 is 2. The minimum absolute atomic E-state index is 0.224. The number of ether oxygens (including phenoxy) is 2. The molecule has 0 aliphatic carbocycles. The number of fused-ring (bicyclic) bond motifs is 1. The van der Waals surface area contributed by atoms with E-state index in [0.29, 0.717) is 11.8 Å². The van der Waals surface area contributed by atoms with Gasteiger partial charge in [0.25, 0.3) is 0 Å². The third kappa shape index (κ3) is 3.27. The van der Waals surface area contributed by atoms with Gasteiger partial charge in [-0.15, -0.1) is 0 Å². The van der Waals surface area contributed by atoms with Gasteiger partial charge in [0, 0.05) is 19.1 Å². The first kappa shape index (κ1) is 15.7. The van der Waals surface area contributed by atoms with Crippen LogP contribution in [0.25, 0.3) is 0 Å². The molecule has 0 bridgehead atoms. The molecule has 4 nitrogen and oxygen atoms in total. The highest BCUT2D eigenvalue weighted by atomic mass is 16.5. The fourth-order valence-corrected chi connectivity index (χ4v) is 3.15. The number of aromatic hydroxyl groups is 1. The molecule has 23 heavy (non-hydrogen) atoms. The Morgan fingerprint density at radius 2 is 1.83 bits per heavy atom. The summed E-state index contributed by atoms with van der Waals surface area (Å²) in [6.07, 6.45) is 0.934. The molecule has 0 saturated carbocycles. The topological polar surface area (TPSA) is 41.9 Å². The van der Waals surface area contributed by atoms with E-state index in [-0.39, 0.29) is 5.75 Å². The van der Waals surface area contributed by atoms with Crippen LogP contribution >= 0.6 is 0 Å². The van der Waals surface area contributed by atoms with Crippen molar-refractivity contribution in [2.45, 2.75) is 32.5 Å². The van der Waals surface area contributed by atoms with Crippen molar-refractivity contribution in [3.63, 3.8) is 0 Å². The van der Waals surface area contributed by atoms with E-state index in [1.54, 1.807) is 14.2 Å². The van der Waals surface area contributed by atoms with Crippen LogP contribution in [0.5, 0.6) is 17.2 Å². The van der Waals surface area contributed by atoms with E-state index >= 15 is 0 Å². The quantitative estimate of drug-likeness (QED) is 0.940. The minimum Gasteiger partial charge on any atom is -0.504 e. The van der Waals surface area contributed by atoms with Crippen LogP contribution in [0.2, 0.25) is 0 Å². The van der Waals surface area contributed by atoms with E-state index in [1.165, 1.54) is 16.7 Å². The number of benzene rings is 2. The van der Waals surface area contributed by atoms with Gasteiger partial charge in [-0.05, 0) is 54.3 Å². The van der Waals surface area contributed by atoms with Crippen LogP contribution in [0.15, 0.2) is 36.4 Å². The molecule has 0 amide bonds. The fourth-order valence-electron chi connectivity index (χ4n) is 3.15. The second-order valence-corrected chi connectivity index (χ2v) is 6.10. The zero-order chi connectivity index (χ0) is 16.4. The molecule has 1 atom stereocenters. The lowest BCUT2D eigenvalue weighted by molar-refractivity contribution is 0.174. The largest absolute Gasteiger partial charge is 0.504 e. The molecule has 1 N–H and O–H groups in total. The number of rotatable bonds is 4. The third-order valence-corrected chi connectivity index (χ3v) is 4.56. The summed E-state index contributed by atoms with van der Waals surface area (Å²) >= 11 is 0. The van der Waals surface area contributed by atoms with Crippen molar-refractivity contribution in [3.8, 4) is 17.2 Å². The molecule has 1 heterocycles. The lowest BCUT2D eigenvalue weighted by Gasteiger charge is -2.35. The maximum Gasteiger partial charge on any atom is 0.160 e. The summed E-state index contributed by atoms with van der Waals surface area (Å²) in [5, 5.41) is 9.95. The first-order chi connectivity index (χ1) is 11.1. The van der Waals surface area contributed by atoms with Gasteiger partial charge in [-0.25, -0.2) is 0 Å². The predicted molar refractivity (Wildman–Crippen MR) is 90.1 cm³/mol. The molecule has 122 valence electrons. The van der Waals surface area contributed by atoms with Crippen molar-refractivity contribution in [2.75, 3.05) is 14.2 Å². The molecular weight excluding hydrogens is 290 g/mol. The summed E-state index contributed by atoms with van der Waals surface area (Å²) in [5.41, 5.74) is 3.71. The SMILES string of the molecule is COc1ccc(CN2Cc3cc(OC)c(O)cc3CC2C)cc1.